The minimum absolute atomic E-state index is 0.161. The van der Waals surface area contributed by atoms with Crippen LogP contribution < -0.4 is 15.4 Å². The third-order valence-corrected chi connectivity index (χ3v) is 6.46. The molecule has 6 nitrogen and oxygen atoms in total. The van der Waals surface area contributed by atoms with Crippen LogP contribution in [0, 0.1) is 5.82 Å². The third kappa shape index (κ3) is 3.87. The van der Waals surface area contributed by atoms with E-state index < -0.39 is 26.3 Å². The highest BCUT2D eigenvalue weighted by atomic mass is 32.2. The quantitative estimate of drug-likeness (QED) is 0.780. The number of amides is 1. The topological polar surface area (TPSA) is 84.5 Å². The van der Waals surface area contributed by atoms with Crippen molar-refractivity contribution >= 4 is 15.7 Å². The maximum absolute atomic E-state index is 13.6. The van der Waals surface area contributed by atoms with Gasteiger partial charge in [-0.25, -0.2) is 12.8 Å². The van der Waals surface area contributed by atoms with Gasteiger partial charge in [-0.2, -0.15) is 0 Å². The van der Waals surface area contributed by atoms with Crippen LogP contribution in [0.3, 0.4) is 0 Å². The van der Waals surface area contributed by atoms with Crippen molar-refractivity contribution < 1.29 is 22.3 Å². The predicted octanol–water partition coefficient (Wildman–Crippen LogP) is 0.660. The number of rotatable bonds is 6. The van der Waals surface area contributed by atoms with Gasteiger partial charge in [-0.05, 0) is 50.0 Å². The van der Waals surface area contributed by atoms with Crippen molar-refractivity contribution in [3.05, 3.63) is 29.6 Å². The molecule has 8 heteroatoms. The van der Waals surface area contributed by atoms with Gasteiger partial charge in [-0.15, -0.1) is 0 Å². The maximum atomic E-state index is 13.6. The second-order valence-electron chi connectivity index (χ2n) is 5.99. The Morgan fingerprint density at radius 2 is 2.04 bits per heavy atom. The van der Waals surface area contributed by atoms with Crippen molar-refractivity contribution in [1.82, 2.24) is 10.6 Å². The fraction of sp³-hybridized carbons (Fsp3) is 0.562. The van der Waals surface area contributed by atoms with Crippen LogP contribution >= 0.6 is 0 Å². The van der Waals surface area contributed by atoms with E-state index in [1.165, 1.54) is 19.2 Å². The van der Waals surface area contributed by atoms with Crippen molar-refractivity contribution in [3.63, 3.8) is 0 Å². The molecule has 2 N–H and O–H groups in total. The molecule has 1 aliphatic heterocycles. The van der Waals surface area contributed by atoms with E-state index >= 15 is 0 Å². The number of nitrogens with one attached hydrogen (secondary N) is 2. The zero-order valence-electron chi connectivity index (χ0n) is 13.9. The van der Waals surface area contributed by atoms with Crippen LogP contribution in [0.15, 0.2) is 18.2 Å². The molecule has 2 rings (SSSR count). The summed E-state index contributed by atoms with van der Waals surface area (Å²) in [5.74, 6) is -0.777. The summed E-state index contributed by atoms with van der Waals surface area (Å²) >= 11 is 0. The zero-order chi connectivity index (χ0) is 17.8. The van der Waals surface area contributed by atoms with Crippen LogP contribution in [-0.4, -0.2) is 52.1 Å². The van der Waals surface area contributed by atoms with E-state index in [9.17, 15) is 17.6 Å². The summed E-state index contributed by atoms with van der Waals surface area (Å²) in [6, 6.07) is 4.59. The largest absolute Gasteiger partial charge is 0.494 e. The van der Waals surface area contributed by atoms with Gasteiger partial charge in [0.15, 0.2) is 26.2 Å². The van der Waals surface area contributed by atoms with Crippen LogP contribution in [0.25, 0.3) is 0 Å². The zero-order valence-corrected chi connectivity index (χ0v) is 14.7. The molecular weight excluding hydrogens is 335 g/mol. The summed E-state index contributed by atoms with van der Waals surface area (Å²) in [5, 5.41) is 5.76. The van der Waals surface area contributed by atoms with Crippen molar-refractivity contribution in [3.8, 4) is 5.75 Å². The first-order valence-corrected chi connectivity index (χ1v) is 9.70. The van der Waals surface area contributed by atoms with Gasteiger partial charge in [0.25, 0.3) is 0 Å². The van der Waals surface area contributed by atoms with Gasteiger partial charge in [0.1, 0.15) is 0 Å². The second kappa shape index (κ2) is 7.48. The second-order valence-corrected chi connectivity index (χ2v) is 8.32. The summed E-state index contributed by atoms with van der Waals surface area (Å²) in [6.07, 6.45) is 2.03. The Kier molecular flexibility index (Phi) is 5.82. The van der Waals surface area contributed by atoms with Gasteiger partial charge in [0.2, 0.25) is 5.91 Å². The summed E-state index contributed by atoms with van der Waals surface area (Å²) in [5.41, 5.74) is 0.701. The molecule has 0 atom stereocenters. The van der Waals surface area contributed by atoms with Crippen molar-refractivity contribution in [1.29, 1.82) is 0 Å². The predicted molar refractivity (Wildman–Crippen MR) is 89.3 cm³/mol. The monoisotopic (exact) mass is 358 g/mol. The molecule has 1 amide bonds. The van der Waals surface area contributed by atoms with Crippen LogP contribution in [0.1, 0.15) is 18.4 Å². The van der Waals surface area contributed by atoms with Gasteiger partial charge in [-0.3, -0.25) is 4.79 Å². The summed E-state index contributed by atoms with van der Waals surface area (Å²) in [7, 11) is -2.14. The first-order valence-electron chi connectivity index (χ1n) is 7.81. The lowest BCUT2D eigenvalue weighted by Gasteiger charge is -2.34. The molecule has 24 heavy (non-hydrogen) atoms. The highest BCUT2D eigenvalue weighted by Gasteiger charge is 2.48. The smallest absolute Gasteiger partial charge is 0.241 e. The summed E-state index contributed by atoms with van der Waals surface area (Å²) in [4.78, 5) is 12.5. The molecule has 1 heterocycles. The molecule has 0 unspecified atom stereocenters. The fourth-order valence-electron chi connectivity index (χ4n) is 2.94. The number of benzene rings is 1. The van der Waals surface area contributed by atoms with Gasteiger partial charge in [0.05, 0.1) is 7.11 Å². The number of sulfone groups is 1. The number of hydrogen-bond acceptors (Lipinski definition) is 5. The molecule has 1 saturated heterocycles. The Bertz CT molecular complexity index is 700. The van der Waals surface area contributed by atoms with Crippen LogP contribution in [0.2, 0.25) is 0 Å². The first kappa shape index (κ1) is 18.7. The third-order valence-electron chi connectivity index (χ3n) is 4.45. The van der Waals surface area contributed by atoms with E-state index in [0.29, 0.717) is 25.1 Å². The molecule has 1 aromatic rings. The average molecular weight is 358 g/mol. The van der Waals surface area contributed by atoms with Gasteiger partial charge in [0, 0.05) is 12.8 Å². The first-order chi connectivity index (χ1) is 11.3. The average Bonchev–Trinajstić information content (AvgIpc) is 2.54. The normalized spacial score (nSPS) is 17.3. The molecule has 1 fully saturated rings. The van der Waals surface area contributed by atoms with Crippen LogP contribution in [0.4, 0.5) is 4.39 Å². The number of carbonyl (C=O) groups is 1. The fourth-order valence-corrected chi connectivity index (χ4v) is 4.30. The number of halogens is 1. The summed E-state index contributed by atoms with van der Waals surface area (Å²) < 4.78 is 41.4. The number of carbonyl (C=O) groups excluding carboxylic acids is 1. The molecule has 0 spiro atoms. The molecule has 0 radical (unpaired) electrons. The number of hydrogen-bond donors (Lipinski definition) is 2. The van der Waals surface area contributed by atoms with E-state index in [4.69, 9.17) is 4.74 Å². The SMILES string of the molecule is COc1ccc(CCNC(=O)C2(S(C)(=O)=O)CCNCC2)cc1F. The Labute approximate surface area is 141 Å². The van der Waals surface area contributed by atoms with E-state index in [0.717, 1.165) is 6.26 Å². The van der Waals surface area contributed by atoms with E-state index in [1.54, 1.807) is 6.07 Å². The van der Waals surface area contributed by atoms with Crippen molar-refractivity contribution in [2.45, 2.75) is 24.0 Å². The van der Waals surface area contributed by atoms with E-state index in [-0.39, 0.29) is 25.1 Å². The summed E-state index contributed by atoms with van der Waals surface area (Å²) in [6.45, 7) is 1.23. The molecule has 1 aromatic carbocycles. The standard InChI is InChI=1S/C16H23FN2O4S/c1-23-14-4-3-12(11-13(14)17)5-8-19-15(20)16(24(2,21)22)6-9-18-10-7-16/h3-4,11,18H,5-10H2,1-2H3,(H,19,20). The Morgan fingerprint density at radius 1 is 1.38 bits per heavy atom. The minimum atomic E-state index is -3.53. The Morgan fingerprint density at radius 3 is 2.58 bits per heavy atom. The molecular formula is C16H23FN2O4S. The minimum Gasteiger partial charge on any atom is -0.494 e. The van der Waals surface area contributed by atoms with Gasteiger partial charge < -0.3 is 15.4 Å². The Hall–Kier alpha value is -1.67. The molecule has 0 aromatic heterocycles. The lowest BCUT2D eigenvalue weighted by atomic mass is 9.95. The highest BCUT2D eigenvalue weighted by molar-refractivity contribution is 7.92. The molecule has 1 aliphatic rings. The van der Waals surface area contributed by atoms with Gasteiger partial charge >= 0.3 is 0 Å². The molecule has 134 valence electrons. The maximum Gasteiger partial charge on any atom is 0.241 e. The highest BCUT2D eigenvalue weighted by Crippen LogP contribution is 2.28. The van der Waals surface area contributed by atoms with E-state index in [1.807, 2.05) is 0 Å². The van der Waals surface area contributed by atoms with Crippen molar-refractivity contribution in [2.24, 2.45) is 0 Å². The molecule has 0 aliphatic carbocycles. The Balaban J connectivity index is 2.00. The lowest BCUT2D eigenvalue weighted by molar-refractivity contribution is -0.124. The van der Waals surface area contributed by atoms with Crippen LogP contribution in [0.5, 0.6) is 5.75 Å². The number of methoxy groups -OCH3 is 1. The van der Waals surface area contributed by atoms with Crippen molar-refractivity contribution in [2.75, 3.05) is 33.0 Å². The molecule has 0 saturated carbocycles. The van der Waals surface area contributed by atoms with Crippen LogP contribution in [-0.2, 0) is 21.1 Å². The van der Waals surface area contributed by atoms with Gasteiger partial charge in [-0.1, -0.05) is 6.07 Å². The van der Waals surface area contributed by atoms with E-state index in [2.05, 4.69) is 10.6 Å². The number of ether oxygens (including phenoxy) is 1. The number of piperidine rings is 1. The lowest BCUT2D eigenvalue weighted by Crippen LogP contribution is -2.57. The molecule has 0 bridgehead atoms.